The van der Waals surface area contributed by atoms with Gasteiger partial charge in [0.2, 0.25) is 0 Å². The second kappa shape index (κ2) is 9.11. The minimum atomic E-state index is -4.94. The van der Waals surface area contributed by atoms with Gasteiger partial charge in [0, 0.05) is 18.3 Å². The van der Waals surface area contributed by atoms with Crippen LogP contribution in [0.1, 0.15) is 38.7 Å². The Morgan fingerprint density at radius 1 is 1.00 bits per heavy atom. The molecule has 0 spiro atoms. The molecule has 192 valence electrons. The highest BCUT2D eigenvalue weighted by Crippen LogP contribution is 2.37. The molecule has 1 aliphatic rings. The molecule has 1 aliphatic heterocycles. The summed E-state index contributed by atoms with van der Waals surface area (Å²) in [5.41, 5.74) is -5.11. The summed E-state index contributed by atoms with van der Waals surface area (Å²) in [5.74, 6) is -4.11. The molecule has 0 bridgehead atoms. The van der Waals surface area contributed by atoms with Crippen LogP contribution in [0, 0.1) is 5.82 Å². The maximum atomic E-state index is 14.1. The first kappa shape index (κ1) is 26.6. The lowest BCUT2D eigenvalue weighted by Gasteiger charge is -2.34. The molecule has 3 heterocycles. The minimum absolute atomic E-state index is 0.00643. The van der Waals surface area contributed by atoms with Gasteiger partial charge in [0.1, 0.15) is 17.8 Å². The second-order valence-electron chi connectivity index (χ2n) is 8.31. The summed E-state index contributed by atoms with van der Waals surface area (Å²) in [6.45, 7) is -0.322. The molecule has 37 heavy (non-hydrogen) atoms. The highest BCUT2D eigenvalue weighted by atomic mass is 19.4. The van der Waals surface area contributed by atoms with E-state index < -0.39 is 46.7 Å². The number of aromatic nitrogens is 3. The van der Waals surface area contributed by atoms with Gasteiger partial charge in [-0.1, -0.05) is 0 Å². The quantitative estimate of drug-likeness (QED) is 0.180. The minimum Gasteiger partial charge on any atom is -0.374 e. The fraction of sp³-hybridized carbons (Fsp3) is 0.273. The van der Waals surface area contributed by atoms with E-state index in [9.17, 15) is 47.9 Å². The Bertz CT molecular complexity index is 1360. The van der Waals surface area contributed by atoms with Crippen molar-refractivity contribution in [2.24, 2.45) is 0 Å². The van der Waals surface area contributed by atoms with Crippen LogP contribution in [0.3, 0.4) is 0 Å². The zero-order valence-electron chi connectivity index (χ0n) is 18.6. The van der Waals surface area contributed by atoms with Crippen LogP contribution in [0.25, 0.3) is 11.4 Å². The molecule has 4 rings (SSSR count). The fourth-order valence-corrected chi connectivity index (χ4v) is 4.16. The van der Waals surface area contributed by atoms with Crippen molar-refractivity contribution < 1.29 is 47.9 Å². The van der Waals surface area contributed by atoms with Gasteiger partial charge in [-0.3, -0.25) is 14.7 Å². The number of hydrogen-bond donors (Lipinski definition) is 5. The first-order chi connectivity index (χ1) is 17.1. The third-order valence-corrected chi connectivity index (χ3v) is 5.71. The van der Waals surface area contributed by atoms with E-state index in [0.29, 0.717) is 17.0 Å². The number of halogens is 4. The molecule has 3 aromatic rings. The van der Waals surface area contributed by atoms with Gasteiger partial charge >= 0.3 is 12.3 Å². The lowest BCUT2D eigenvalue weighted by molar-refractivity contribution is -0.378. The smallest absolute Gasteiger partial charge is 0.374 e. The fourth-order valence-electron chi connectivity index (χ4n) is 4.16. The van der Waals surface area contributed by atoms with Crippen molar-refractivity contribution >= 4 is 13.8 Å². The van der Waals surface area contributed by atoms with Gasteiger partial charge in [-0.15, -0.1) is 0 Å². The molecular formula is C22H17BF4N4O6. The molecule has 2 aromatic heterocycles. The van der Waals surface area contributed by atoms with E-state index in [-0.39, 0.29) is 47.2 Å². The molecule has 15 heteroatoms. The number of pyridine rings is 1. The maximum absolute atomic E-state index is 14.1. The Labute approximate surface area is 206 Å². The predicted octanol–water partition coefficient (Wildman–Crippen LogP) is 0.222. The van der Waals surface area contributed by atoms with Gasteiger partial charge in [-0.05, 0) is 47.9 Å². The number of aliphatic hydroxyl groups is 5. The third-order valence-electron chi connectivity index (χ3n) is 5.71. The average molecular weight is 520 g/mol. The monoisotopic (exact) mass is 520 g/mol. The second-order valence-corrected chi connectivity index (χ2v) is 8.31. The van der Waals surface area contributed by atoms with Crippen LogP contribution in [0.5, 0.6) is 0 Å². The summed E-state index contributed by atoms with van der Waals surface area (Å²) in [5, 5.41) is 48.6. The van der Waals surface area contributed by atoms with Crippen LogP contribution in [-0.4, -0.2) is 77.5 Å². The van der Waals surface area contributed by atoms with Crippen molar-refractivity contribution in [1.29, 1.82) is 0 Å². The number of alkyl halides is 3. The van der Waals surface area contributed by atoms with Crippen LogP contribution >= 0.6 is 0 Å². The molecule has 1 unspecified atom stereocenters. The number of carbonyl (C=O) groups excluding carboxylic acids is 1. The summed E-state index contributed by atoms with van der Waals surface area (Å²) < 4.78 is 53.8. The molecule has 2 radical (unpaired) electrons. The number of nitrogens with zero attached hydrogens (tertiary/aromatic N) is 4. The lowest BCUT2D eigenvalue weighted by atomic mass is 9.75. The molecule has 0 saturated carbocycles. The van der Waals surface area contributed by atoms with Crippen molar-refractivity contribution in [3.05, 3.63) is 76.6 Å². The normalized spacial score (nSPS) is 15.5. The topological polar surface area (TPSA) is 160 Å². The standard InChI is InChI=1S/C22H17BF4N4O6/c23-20(33,34)17(10-5-11(21(25,26)27)7-12(24)6-10)15-8-16(30-9-29-15)18-13-2-4-31(22(35,36)37)19(32)14(13)1-3-28-18/h1,3,5-9,17,33-37H,2,4H2. The van der Waals surface area contributed by atoms with Gasteiger partial charge in [0.15, 0.2) is 7.85 Å². The summed E-state index contributed by atoms with van der Waals surface area (Å²) in [6.07, 6.45) is -6.23. The largest absolute Gasteiger partial charge is 0.416 e. The highest BCUT2D eigenvalue weighted by Gasteiger charge is 2.40. The Morgan fingerprint density at radius 2 is 1.70 bits per heavy atom. The number of amides is 1. The molecule has 5 N–H and O–H groups in total. The van der Waals surface area contributed by atoms with Gasteiger partial charge in [-0.2, -0.15) is 13.2 Å². The van der Waals surface area contributed by atoms with Crippen molar-refractivity contribution in [3.8, 4) is 11.4 Å². The number of benzene rings is 1. The molecule has 0 fully saturated rings. The van der Waals surface area contributed by atoms with Crippen LogP contribution in [0.15, 0.2) is 42.9 Å². The van der Waals surface area contributed by atoms with E-state index in [1.54, 1.807) is 0 Å². The van der Waals surface area contributed by atoms with E-state index in [1.807, 2.05) is 0 Å². The van der Waals surface area contributed by atoms with Gasteiger partial charge < -0.3 is 25.5 Å². The Hall–Kier alpha value is -3.50. The lowest BCUT2D eigenvalue weighted by Crippen LogP contribution is -2.54. The van der Waals surface area contributed by atoms with Crippen molar-refractivity contribution in [1.82, 2.24) is 19.9 Å². The number of carbonyl (C=O) groups is 1. The predicted molar refractivity (Wildman–Crippen MR) is 116 cm³/mol. The van der Waals surface area contributed by atoms with Gasteiger partial charge in [-0.25, -0.2) is 14.4 Å². The number of rotatable bonds is 5. The van der Waals surface area contributed by atoms with Crippen LogP contribution < -0.4 is 0 Å². The molecule has 10 nitrogen and oxygen atoms in total. The third kappa shape index (κ3) is 5.31. The van der Waals surface area contributed by atoms with Crippen molar-refractivity contribution in [3.63, 3.8) is 0 Å². The van der Waals surface area contributed by atoms with E-state index >= 15 is 0 Å². The van der Waals surface area contributed by atoms with Crippen LogP contribution in [0.4, 0.5) is 17.6 Å². The van der Waals surface area contributed by atoms with Crippen LogP contribution in [-0.2, 0) is 12.6 Å². The van der Waals surface area contributed by atoms with E-state index in [4.69, 9.17) is 7.85 Å². The summed E-state index contributed by atoms with van der Waals surface area (Å²) >= 11 is 0. The number of fused-ring (bicyclic) bond motifs is 1. The highest BCUT2D eigenvalue weighted by molar-refractivity contribution is 6.13. The molecule has 0 aliphatic carbocycles. The van der Waals surface area contributed by atoms with E-state index in [1.165, 1.54) is 12.3 Å². The zero-order chi connectivity index (χ0) is 27.3. The molecule has 1 atom stereocenters. The van der Waals surface area contributed by atoms with E-state index in [0.717, 1.165) is 12.4 Å². The average Bonchev–Trinajstić information content (AvgIpc) is 2.76. The summed E-state index contributed by atoms with van der Waals surface area (Å²) in [4.78, 5) is 25.2. The van der Waals surface area contributed by atoms with Gasteiger partial charge in [0.05, 0.1) is 28.6 Å². The van der Waals surface area contributed by atoms with Crippen molar-refractivity contribution in [2.45, 2.75) is 30.3 Å². The van der Waals surface area contributed by atoms with Gasteiger partial charge in [0.25, 0.3) is 5.91 Å². The SMILES string of the molecule is [B]C(O)(O)C(c1cc(F)cc(C(F)(F)F)c1)c1cc(-c2nccc3c2CCN(C(O)(O)O)C3=O)ncn1. The van der Waals surface area contributed by atoms with E-state index in [2.05, 4.69) is 15.0 Å². The molecule has 1 amide bonds. The first-order valence-corrected chi connectivity index (χ1v) is 10.5. The van der Waals surface area contributed by atoms with Crippen LogP contribution in [0.2, 0.25) is 0 Å². The Kier molecular flexibility index (Phi) is 6.54. The summed E-state index contributed by atoms with van der Waals surface area (Å²) in [7, 11) is 5.44. The first-order valence-electron chi connectivity index (χ1n) is 10.5. The Balaban J connectivity index is 1.82. The van der Waals surface area contributed by atoms with Crippen molar-refractivity contribution in [2.75, 3.05) is 6.54 Å². The zero-order valence-corrected chi connectivity index (χ0v) is 18.6. The molecular weight excluding hydrogens is 503 g/mol. The maximum Gasteiger partial charge on any atom is 0.416 e. The Morgan fingerprint density at radius 3 is 2.32 bits per heavy atom. The molecule has 0 saturated heterocycles. The number of hydrogen-bond acceptors (Lipinski definition) is 9. The molecule has 1 aromatic carbocycles. The summed E-state index contributed by atoms with van der Waals surface area (Å²) in [6, 6.07) is 3.78.